The predicted octanol–water partition coefficient (Wildman–Crippen LogP) is 4.44. The minimum absolute atomic E-state index is 0.0278. The van der Waals surface area contributed by atoms with E-state index >= 15 is 0 Å². The van der Waals surface area contributed by atoms with E-state index in [2.05, 4.69) is 6.92 Å². The second-order valence-corrected chi connectivity index (χ2v) is 6.68. The zero-order valence-corrected chi connectivity index (χ0v) is 13.9. The average molecular weight is 351 g/mol. The molecule has 0 saturated carbocycles. The van der Waals surface area contributed by atoms with Crippen LogP contribution in [0.4, 0.5) is 13.2 Å². The van der Waals surface area contributed by atoms with Crippen molar-refractivity contribution in [3.63, 3.8) is 0 Å². The summed E-state index contributed by atoms with van der Waals surface area (Å²) in [5.74, 6) is -3.83. The third-order valence-corrected chi connectivity index (χ3v) is 5.35. The molecule has 2 aromatic rings. The summed E-state index contributed by atoms with van der Waals surface area (Å²) in [4.78, 5) is 13.7. The molecule has 1 unspecified atom stereocenters. The number of carbonyl (C=O) groups excluding carboxylic acids is 1. The van der Waals surface area contributed by atoms with Gasteiger partial charge in [0.15, 0.2) is 17.5 Å². The van der Waals surface area contributed by atoms with E-state index in [1.165, 1.54) is 28.3 Å². The van der Waals surface area contributed by atoms with Gasteiger partial charge in [0.1, 0.15) is 5.37 Å². The molecule has 2 nitrogen and oxygen atoms in total. The van der Waals surface area contributed by atoms with E-state index in [9.17, 15) is 18.0 Å². The summed E-state index contributed by atoms with van der Waals surface area (Å²) in [5.41, 5.74) is 2.09. The number of hydrogen-bond acceptors (Lipinski definition) is 2. The molecule has 1 atom stereocenters. The second kappa shape index (κ2) is 6.89. The maximum absolute atomic E-state index is 13.9. The number of benzene rings is 2. The summed E-state index contributed by atoms with van der Waals surface area (Å²) in [6.07, 6.45) is 0.917. The Bertz CT molecular complexity index is 764. The van der Waals surface area contributed by atoms with Crippen molar-refractivity contribution in [1.29, 1.82) is 0 Å². The Morgan fingerprint density at radius 2 is 1.79 bits per heavy atom. The Hall–Kier alpha value is -1.95. The number of halogens is 3. The molecule has 0 bridgehead atoms. The first-order valence-corrected chi connectivity index (χ1v) is 8.68. The van der Waals surface area contributed by atoms with Gasteiger partial charge >= 0.3 is 0 Å². The highest BCUT2D eigenvalue weighted by atomic mass is 32.2. The van der Waals surface area contributed by atoms with Gasteiger partial charge in [-0.2, -0.15) is 0 Å². The lowest BCUT2D eigenvalue weighted by atomic mass is 10.1. The van der Waals surface area contributed by atoms with Crippen LogP contribution in [0.2, 0.25) is 0 Å². The largest absolute Gasteiger partial charge is 0.321 e. The molecule has 0 aliphatic carbocycles. The number of amides is 1. The molecule has 1 saturated heterocycles. The fourth-order valence-electron chi connectivity index (χ4n) is 2.69. The highest BCUT2D eigenvalue weighted by Crippen LogP contribution is 2.39. The van der Waals surface area contributed by atoms with Crippen molar-refractivity contribution in [1.82, 2.24) is 4.90 Å². The maximum atomic E-state index is 13.9. The van der Waals surface area contributed by atoms with Gasteiger partial charge in [0.25, 0.3) is 0 Å². The standard InChI is InChI=1S/C18H16F3NOS/c1-2-11-3-5-12(6-4-11)18-22(15(23)10-24-18)9-13-7-8-14(19)17(21)16(13)20/h3-8,18H,2,9-10H2,1H3. The Morgan fingerprint density at radius 3 is 2.46 bits per heavy atom. The average Bonchev–Trinajstić information content (AvgIpc) is 2.96. The first kappa shape index (κ1) is 16.9. The molecule has 1 aliphatic heterocycles. The molecule has 6 heteroatoms. The van der Waals surface area contributed by atoms with E-state index in [0.717, 1.165) is 18.1 Å². The number of thioether (sulfide) groups is 1. The Balaban J connectivity index is 1.87. The number of hydrogen-bond donors (Lipinski definition) is 0. The van der Waals surface area contributed by atoms with Crippen molar-refractivity contribution in [2.45, 2.75) is 25.3 Å². The van der Waals surface area contributed by atoms with E-state index in [1.807, 2.05) is 24.3 Å². The molecule has 0 aromatic heterocycles. The van der Waals surface area contributed by atoms with E-state index in [0.29, 0.717) is 0 Å². The van der Waals surface area contributed by atoms with Crippen LogP contribution >= 0.6 is 11.8 Å². The number of nitrogens with zero attached hydrogens (tertiary/aromatic N) is 1. The zero-order valence-electron chi connectivity index (χ0n) is 13.1. The first-order valence-electron chi connectivity index (χ1n) is 7.63. The third-order valence-electron chi connectivity index (χ3n) is 4.10. The number of carbonyl (C=O) groups is 1. The molecule has 0 spiro atoms. The summed E-state index contributed by atoms with van der Waals surface area (Å²) in [6.45, 7) is 1.97. The van der Waals surface area contributed by atoms with Gasteiger partial charge in [-0.1, -0.05) is 37.3 Å². The van der Waals surface area contributed by atoms with Crippen molar-refractivity contribution < 1.29 is 18.0 Å². The highest BCUT2D eigenvalue weighted by Gasteiger charge is 2.33. The fourth-order valence-corrected chi connectivity index (χ4v) is 3.88. The van der Waals surface area contributed by atoms with Gasteiger partial charge in [0.2, 0.25) is 5.91 Å². The Labute approximate surface area is 142 Å². The van der Waals surface area contributed by atoms with Crippen LogP contribution in [0.1, 0.15) is 29.0 Å². The molecule has 1 aliphatic rings. The van der Waals surface area contributed by atoms with Crippen LogP contribution in [-0.2, 0) is 17.8 Å². The van der Waals surface area contributed by atoms with E-state index in [-0.39, 0.29) is 29.1 Å². The van der Waals surface area contributed by atoms with Gasteiger partial charge < -0.3 is 4.90 Å². The summed E-state index contributed by atoms with van der Waals surface area (Å²) in [7, 11) is 0. The van der Waals surface area contributed by atoms with Crippen LogP contribution in [0.5, 0.6) is 0 Å². The van der Waals surface area contributed by atoms with Crippen LogP contribution in [0.25, 0.3) is 0 Å². The van der Waals surface area contributed by atoms with Gasteiger partial charge in [-0.3, -0.25) is 4.79 Å². The van der Waals surface area contributed by atoms with Crippen LogP contribution in [0, 0.1) is 17.5 Å². The summed E-state index contributed by atoms with van der Waals surface area (Å²) in [5, 5.41) is -0.254. The first-order chi connectivity index (χ1) is 11.5. The smallest absolute Gasteiger partial charge is 0.234 e. The second-order valence-electron chi connectivity index (χ2n) is 5.61. The summed E-state index contributed by atoms with van der Waals surface area (Å²) < 4.78 is 40.4. The van der Waals surface area contributed by atoms with Gasteiger partial charge in [-0.25, -0.2) is 13.2 Å². The minimum Gasteiger partial charge on any atom is -0.321 e. The molecule has 126 valence electrons. The van der Waals surface area contributed by atoms with Crippen LogP contribution in [0.3, 0.4) is 0 Å². The maximum Gasteiger partial charge on any atom is 0.234 e. The van der Waals surface area contributed by atoms with Gasteiger partial charge in [-0.05, 0) is 23.6 Å². The van der Waals surface area contributed by atoms with Crippen LogP contribution in [-0.4, -0.2) is 16.6 Å². The molecule has 1 amide bonds. The number of rotatable bonds is 4. The van der Waals surface area contributed by atoms with Gasteiger partial charge in [0, 0.05) is 5.56 Å². The Kier molecular flexibility index (Phi) is 4.85. The van der Waals surface area contributed by atoms with Crippen molar-refractivity contribution in [2.24, 2.45) is 0 Å². The Morgan fingerprint density at radius 1 is 1.08 bits per heavy atom. The molecule has 0 radical (unpaired) electrons. The fraction of sp³-hybridized carbons (Fsp3) is 0.278. The van der Waals surface area contributed by atoms with Crippen LogP contribution < -0.4 is 0 Å². The molecule has 1 heterocycles. The van der Waals surface area contributed by atoms with Gasteiger partial charge in [-0.15, -0.1) is 11.8 Å². The third kappa shape index (κ3) is 3.15. The van der Waals surface area contributed by atoms with E-state index < -0.39 is 17.5 Å². The highest BCUT2D eigenvalue weighted by molar-refractivity contribution is 8.00. The SMILES string of the molecule is CCc1ccc(C2SCC(=O)N2Cc2ccc(F)c(F)c2F)cc1. The van der Waals surface area contributed by atoms with Crippen molar-refractivity contribution in [2.75, 3.05) is 5.75 Å². The molecule has 0 N–H and O–H groups in total. The monoisotopic (exact) mass is 351 g/mol. The molecule has 2 aromatic carbocycles. The zero-order chi connectivity index (χ0) is 17.3. The quantitative estimate of drug-likeness (QED) is 0.759. The van der Waals surface area contributed by atoms with Crippen molar-refractivity contribution in [3.8, 4) is 0 Å². The minimum atomic E-state index is -1.50. The molecular weight excluding hydrogens is 335 g/mol. The number of aryl methyl sites for hydroxylation is 1. The lowest BCUT2D eigenvalue weighted by Crippen LogP contribution is -2.28. The predicted molar refractivity (Wildman–Crippen MR) is 87.9 cm³/mol. The lowest BCUT2D eigenvalue weighted by molar-refractivity contribution is -0.128. The van der Waals surface area contributed by atoms with Crippen molar-refractivity contribution in [3.05, 3.63) is 70.5 Å². The lowest BCUT2D eigenvalue weighted by Gasteiger charge is -2.24. The van der Waals surface area contributed by atoms with E-state index in [4.69, 9.17) is 0 Å². The summed E-state index contributed by atoms with van der Waals surface area (Å²) >= 11 is 1.44. The molecule has 1 fully saturated rings. The molecular formula is C18H16F3NOS. The van der Waals surface area contributed by atoms with Crippen molar-refractivity contribution >= 4 is 17.7 Å². The normalized spacial score (nSPS) is 17.6. The van der Waals surface area contributed by atoms with Crippen LogP contribution in [0.15, 0.2) is 36.4 Å². The molecule has 24 heavy (non-hydrogen) atoms. The topological polar surface area (TPSA) is 20.3 Å². The molecule has 3 rings (SSSR count). The summed E-state index contributed by atoms with van der Waals surface area (Å²) in [6, 6.07) is 9.95. The van der Waals surface area contributed by atoms with E-state index in [1.54, 1.807) is 0 Å². The van der Waals surface area contributed by atoms with Gasteiger partial charge in [0.05, 0.1) is 12.3 Å².